The highest BCUT2D eigenvalue weighted by molar-refractivity contribution is 5.66. The van der Waals surface area contributed by atoms with Gasteiger partial charge in [0.1, 0.15) is 0 Å². The van der Waals surface area contributed by atoms with Gasteiger partial charge in [-0.3, -0.25) is 4.68 Å². The maximum atomic E-state index is 10.8. The van der Waals surface area contributed by atoms with Gasteiger partial charge in [-0.2, -0.15) is 5.10 Å². The lowest BCUT2D eigenvalue weighted by Gasteiger charge is -2.28. The van der Waals surface area contributed by atoms with Crippen molar-refractivity contribution < 1.29 is 9.90 Å². The summed E-state index contributed by atoms with van der Waals surface area (Å²) in [6.45, 7) is 1.06. The van der Waals surface area contributed by atoms with Gasteiger partial charge >= 0.3 is 6.09 Å². The fraction of sp³-hybridized carbons (Fsp3) is 0.565. The average molecular weight is 395 g/mol. The van der Waals surface area contributed by atoms with Crippen LogP contribution in [0.5, 0.6) is 0 Å². The highest BCUT2D eigenvalue weighted by Gasteiger charge is 2.57. The number of amides is 1. The molecule has 1 amide bonds. The summed E-state index contributed by atoms with van der Waals surface area (Å²) >= 11 is 0. The summed E-state index contributed by atoms with van der Waals surface area (Å²) in [6, 6.07) is 7.69. The van der Waals surface area contributed by atoms with E-state index in [1.165, 1.54) is 36.0 Å². The fourth-order valence-electron chi connectivity index (χ4n) is 5.64. The van der Waals surface area contributed by atoms with Gasteiger partial charge in [0.2, 0.25) is 0 Å². The number of carboxylic acid groups (broad SMARTS) is 1. The molecule has 0 aliphatic heterocycles. The van der Waals surface area contributed by atoms with Crippen LogP contribution in [0.2, 0.25) is 0 Å². The topological polar surface area (TPSA) is 79.2 Å². The lowest BCUT2D eigenvalue weighted by atomic mass is 9.86. The Morgan fingerprint density at radius 2 is 2.10 bits per heavy atom. The minimum atomic E-state index is -0.892. The molecule has 1 heterocycles. The summed E-state index contributed by atoms with van der Waals surface area (Å²) in [6.07, 6.45) is 11.0. The minimum Gasteiger partial charge on any atom is -0.465 e. The van der Waals surface area contributed by atoms with E-state index in [2.05, 4.69) is 40.1 Å². The maximum absolute atomic E-state index is 10.8. The van der Waals surface area contributed by atoms with Crippen LogP contribution in [0.4, 0.5) is 4.79 Å². The molecular weight excluding hydrogens is 364 g/mol. The third kappa shape index (κ3) is 3.54. The number of nitrogens with one attached hydrogen (secondary N) is 2. The van der Waals surface area contributed by atoms with Crippen LogP contribution in [0.3, 0.4) is 0 Å². The molecule has 29 heavy (non-hydrogen) atoms. The molecule has 0 saturated heterocycles. The number of hydrogen-bond donors (Lipinski definition) is 3. The molecule has 3 aliphatic carbocycles. The first-order valence-electron chi connectivity index (χ1n) is 10.9. The predicted octanol–water partition coefficient (Wildman–Crippen LogP) is 3.46. The second-order valence-electron chi connectivity index (χ2n) is 9.26. The molecule has 2 saturated carbocycles. The van der Waals surface area contributed by atoms with Crippen molar-refractivity contribution in [2.24, 2.45) is 13.0 Å². The number of hydrogen-bond acceptors (Lipinski definition) is 3. The van der Waals surface area contributed by atoms with E-state index in [9.17, 15) is 4.79 Å². The van der Waals surface area contributed by atoms with Gasteiger partial charge in [-0.25, -0.2) is 4.79 Å². The third-order valence-corrected chi connectivity index (χ3v) is 7.43. The van der Waals surface area contributed by atoms with Crippen molar-refractivity contribution in [1.82, 2.24) is 20.4 Å². The molecule has 0 radical (unpaired) electrons. The number of benzene rings is 1. The summed E-state index contributed by atoms with van der Waals surface area (Å²) in [7, 11) is 1.96. The summed E-state index contributed by atoms with van der Waals surface area (Å²) in [5, 5.41) is 19.7. The molecule has 2 aromatic rings. The monoisotopic (exact) mass is 394 g/mol. The quantitative estimate of drug-likeness (QED) is 0.726. The Balaban J connectivity index is 1.20. The molecule has 1 aromatic carbocycles. The zero-order chi connectivity index (χ0) is 20.0. The molecular formula is C23H30N4O2. The van der Waals surface area contributed by atoms with Crippen LogP contribution in [0.15, 0.2) is 30.6 Å². The molecule has 2 unspecified atom stereocenters. The molecule has 1 aromatic heterocycles. The molecule has 2 atom stereocenters. The maximum Gasteiger partial charge on any atom is 0.404 e. The van der Waals surface area contributed by atoms with Crippen molar-refractivity contribution in [2.45, 2.75) is 62.4 Å². The first-order valence-corrected chi connectivity index (χ1v) is 10.9. The van der Waals surface area contributed by atoms with Crippen LogP contribution < -0.4 is 10.6 Å². The number of aryl methyl sites for hydroxylation is 2. The van der Waals surface area contributed by atoms with Gasteiger partial charge in [0, 0.05) is 36.3 Å². The van der Waals surface area contributed by atoms with E-state index in [4.69, 9.17) is 5.11 Å². The third-order valence-electron chi connectivity index (χ3n) is 7.43. The number of rotatable bonds is 5. The second kappa shape index (κ2) is 7.17. The summed E-state index contributed by atoms with van der Waals surface area (Å²) in [4.78, 5) is 10.8. The largest absolute Gasteiger partial charge is 0.465 e. The highest BCUT2D eigenvalue weighted by atomic mass is 16.4. The Bertz CT molecular complexity index is 915. The molecule has 154 valence electrons. The normalized spacial score (nSPS) is 30.3. The van der Waals surface area contributed by atoms with Gasteiger partial charge in [-0.1, -0.05) is 18.2 Å². The Morgan fingerprint density at radius 3 is 2.83 bits per heavy atom. The van der Waals surface area contributed by atoms with Gasteiger partial charge in [-0.15, -0.1) is 0 Å². The zero-order valence-electron chi connectivity index (χ0n) is 17.0. The highest BCUT2D eigenvalue weighted by Crippen LogP contribution is 2.57. The van der Waals surface area contributed by atoms with Gasteiger partial charge in [-0.05, 0) is 74.1 Å². The van der Waals surface area contributed by atoms with Gasteiger partial charge < -0.3 is 15.7 Å². The van der Waals surface area contributed by atoms with Crippen LogP contribution >= 0.6 is 0 Å². The van der Waals surface area contributed by atoms with E-state index < -0.39 is 6.09 Å². The number of aromatic nitrogens is 2. The molecule has 0 bridgehead atoms. The first-order chi connectivity index (χ1) is 14.0. The molecule has 3 aliphatic rings. The minimum absolute atomic E-state index is 0.142. The summed E-state index contributed by atoms with van der Waals surface area (Å²) < 4.78 is 1.86. The van der Waals surface area contributed by atoms with Crippen molar-refractivity contribution in [3.63, 3.8) is 0 Å². The molecule has 2 fully saturated rings. The van der Waals surface area contributed by atoms with Crippen molar-refractivity contribution in [2.75, 3.05) is 6.54 Å². The van der Waals surface area contributed by atoms with Crippen molar-refractivity contribution in [3.05, 3.63) is 41.7 Å². The summed E-state index contributed by atoms with van der Waals surface area (Å²) in [5.41, 5.74) is 5.85. The van der Waals surface area contributed by atoms with Crippen LogP contribution in [0.25, 0.3) is 11.1 Å². The predicted molar refractivity (Wildman–Crippen MR) is 112 cm³/mol. The average Bonchev–Trinajstić information content (AvgIpc) is 3.03. The SMILES string of the molecule is Cn1cc(-c2ccc3c(c2)C2(CC3)CC2NC[C@H]2CC[C@H](NC(=O)O)CC2)cn1. The van der Waals surface area contributed by atoms with Crippen molar-refractivity contribution in [3.8, 4) is 11.1 Å². The zero-order valence-corrected chi connectivity index (χ0v) is 17.0. The molecule has 5 rings (SSSR count). The molecule has 6 heteroatoms. The van der Waals surface area contributed by atoms with E-state index >= 15 is 0 Å². The van der Waals surface area contributed by atoms with E-state index in [1.807, 2.05) is 17.9 Å². The van der Waals surface area contributed by atoms with Crippen LogP contribution in [-0.2, 0) is 18.9 Å². The van der Waals surface area contributed by atoms with Crippen LogP contribution in [0, 0.1) is 5.92 Å². The smallest absolute Gasteiger partial charge is 0.404 e. The number of carbonyl (C=O) groups is 1. The van der Waals surface area contributed by atoms with Crippen molar-refractivity contribution in [1.29, 1.82) is 0 Å². The van der Waals surface area contributed by atoms with Gasteiger partial charge in [0.15, 0.2) is 0 Å². The standard InChI is InChI=1S/C23H30N4O2/c1-27-14-18(13-25-27)17-5-4-16-8-9-23(20(16)10-17)11-21(23)24-12-15-2-6-19(7-3-15)26-22(28)29/h4-5,10,13-15,19,21,24,26H,2-3,6-9,11-12H2,1H3,(H,28,29)/t15-,19-,21?,23?. The Kier molecular flexibility index (Phi) is 4.62. The van der Waals surface area contributed by atoms with Gasteiger partial charge in [0.05, 0.1) is 6.20 Å². The van der Waals surface area contributed by atoms with E-state index in [0.717, 1.165) is 32.2 Å². The van der Waals surface area contributed by atoms with E-state index in [1.54, 1.807) is 5.56 Å². The van der Waals surface area contributed by atoms with Gasteiger partial charge in [0.25, 0.3) is 0 Å². The lowest BCUT2D eigenvalue weighted by Crippen LogP contribution is -2.39. The second-order valence-corrected chi connectivity index (χ2v) is 9.26. The Morgan fingerprint density at radius 1 is 1.28 bits per heavy atom. The van der Waals surface area contributed by atoms with E-state index in [0.29, 0.717) is 17.4 Å². The van der Waals surface area contributed by atoms with Crippen LogP contribution in [-0.4, -0.2) is 39.6 Å². The molecule has 3 N–H and O–H groups in total. The Labute approximate surface area is 171 Å². The number of nitrogens with zero attached hydrogens (tertiary/aromatic N) is 2. The molecule has 6 nitrogen and oxygen atoms in total. The Hall–Kier alpha value is -2.34. The van der Waals surface area contributed by atoms with Crippen molar-refractivity contribution >= 4 is 6.09 Å². The molecule has 1 spiro atoms. The lowest BCUT2D eigenvalue weighted by molar-refractivity contribution is 0.182. The van der Waals surface area contributed by atoms with E-state index in [-0.39, 0.29) is 6.04 Å². The summed E-state index contributed by atoms with van der Waals surface area (Å²) in [5.74, 6) is 0.669. The fourth-order valence-corrected chi connectivity index (χ4v) is 5.64. The van der Waals surface area contributed by atoms with Crippen LogP contribution in [0.1, 0.15) is 49.7 Å². The first kappa shape index (κ1) is 18.7. The number of fused-ring (bicyclic) bond motifs is 2.